The second-order valence-electron chi connectivity index (χ2n) is 6.29. The third-order valence-corrected chi connectivity index (χ3v) is 5.22. The van der Waals surface area contributed by atoms with Gasteiger partial charge in [-0.3, -0.25) is 14.2 Å². The van der Waals surface area contributed by atoms with Gasteiger partial charge in [-0.25, -0.2) is 9.36 Å². The lowest BCUT2D eigenvalue weighted by atomic mass is 10.3. The van der Waals surface area contributed by atoms with Crippen molar-refractivity contribution >= 4 is 33.3 Å². The molecule has 1 N–H and O–H groups in total. The molecule has 0 aliphatic heterocycles. The van der Waals surface area contributed by atoms with Gasteiger partial charge in [-0.2, -0.15) is 0 Å². The highest BCUT2D eigenvalue weighted by atomic mass is 32.1. The summed E-state index contributed by atoms with van der Waals surface area (Å²) in [7, 11) is 0. The van der Waals surface area contributed by atoms with Crippen molar-refractivity contribution in [1.29, 1.82) is 0 Å². The maximum Gasteiger partial charge on any atom is 0.337 e. The minimum absolute atomic E-state index is 0.256. The van der Waals surface area contributed by atoms with Crippen molar-refractivity contribution in [2.75, 3.05) is 5.32 Å². The van der Waals surface area contributed by atoms with E-state index in [1.54, 1.807) is 49.4 Å². The molecule has 1 amide bonds. The van der Waals surface area contributed by atoms with Crippen LogP contribution in [0.1, 0.15) is 10.6 Å². The summed E-state index contributed by atoms with van der Waals surface area (Å²) in [5.74, 6) is 0.382. The van der Waals surface area contributed by atoms with E-state index in [0.29, 0.717) is 21.7 Å². The fourth-order valence-electron chi connectivity index (χ4n) is 2.97. The van der Waals surface area contributed by atoms with E-state index >= 15 is 0 Å². The molecular formula is C19H16N4O4S. The Bertz CT molecular complexity index is 1300. The van der Waals surface area contributed by atoms with Crippen molar-refractivity contribution < 1.29 is 9.32 Å². The second kappa shape index (κ2) is 6.93. The van der Waals surface area contributed by atoms with Crippen LogP contribution in [0, 0.1) is 13.8 Å². The van der Waals surface area contributed by atoms with Gasteiger partial charge in [0.05, 0.1) is 11.1 Å². The van der Waals surface area contributed by atoms with Crippen molar-refractivity contribution in [3.05, 3.63) is 73.9 Å². The highest BCUT2D eigenvalue weighted by Gasteiger charge is 2.19. The van der Waals surface area contributed by atoms with Crippen molar-refractivity contribution in [2.45, 2.75) is 20.4 Å². The van der Waals surface area contributed by atoms with Gasteiger partial charge in [-0.15, -0.1) is 11.3 Å². The van der Waals surface area contributed by atoms with Crippen LogP contribution in [0.5, 0.6) is 0 Å². The molecule has 0 saturated carbocycles. The van der Waals surface area contributed by atoms with E-state index in [4.69, 9.17) is 4.52 Å². The lowest BCUT2D eigenvalue weighted by molar-refractivity contribution is -0.116. The van der Waals surface area contributed by atoms with Gasteiger partial charge in [-0.1, -0.05) is 23.4 Å². The molecule has 3 aromatic heterocycles. The summed E-state index contributed by atoms with van der Waals surface area (Å²) in [5, 5.41) is 6.72. The summed E-state index contributed by atoms with van der Waals surface area (Å²) in [6.07, 6.45) is 0. The molecular weight excluding hydrogens is 380 g/mol. The number of amides is 1. The number of nitrogens with zero attached hydrogens (tertiary/aromatic N) is 3. The first-order valence-corrected chi connectivity index (χ1v) is 9.30. The Morgan fingerprint density at radius 2 is 1.93 bits per heavy atom. The summed E-state index contributed by atoms with van der Waals surface area (Å²) in [6.45, 7) is 3.30. The Kier molecular flexibility index (Phi) is 4.44. The first-order chi connectivity index (χ1) is 13.4. The molecule has 0 aliphatic carbocycles. The van der Waals surface area contributed by atoms with Gasteiger partial charge in [-0.05, 0) is 32.0 Å². The summed E-state index contributed by atoms with van der Waals surface area (Å²) in [4.78, 5) is 39.9. The van der Waals surface area contributed by atoms with Gasteiger partial charge in [0.2, 0.25) is 5.91 Å². The molecule has 0 spiro atoms. The van der Waals surface area contributed by atoms with Gasteiger partial charge in [0.25, 0.3) is 5.56 Å². The van der Waals surface area contributed by atoms with Gasteiger partial charge < -0.3 is 9.84 Å². The summed E-state index contributed by atoms with van der Waals surface area (Å²) < 4.78 is 7.32. The number of aromatic nitrogens is 3. The maximum atomic E-state index is 13.1. The fourth-order valence-corrected chi connectivity index (χ4v) is 3.96. The van der Waals surface area contributed by atoms with Crippen molar-refractivity contribution in [2.24, 2.45) is 0 Å². The number of aryl methyl sites for hydroxylation is 2. The number of benzene rings is 1. The molecule has 9 heteroatoms. The van der Waals surface area contributed by atoms with Crippen LogP contribution in [0.25, 0.3) is 15.9 Å². The molecule has 1 aromatic carbocycles. The molecule has 0 bridgehead atoms. The third-order valence-electron chi connectivity index (χ3n) is 4.15. The smallest absolute Gasteiger partial charge is 0.337 e. The molecule has 0 fully saturated rings. The zero-order valence-electron chi connectivity index (χ0n) is 15.1. The molecule has 3 heterocycles. The van der Waals surface area contributed by atoms with E-state index in [1.165, 1.54) is 15.9 Å². The average Bonchev–Trinajstić information content (AvgIpc) is 3.25. The van der Waals surface area contributed by atoms with Crippen LogP contribution < -0.4 is 16.6 Å². The van der Waals surface area contributed by atoms with E-state index in [-0.39, 0.29) is 12.4 Å². The quantitative estimate of drug-likeness (QED) is 0.571. The topological polar surface area (TPSA) is 99.1 Å². The predicted octanol–water partition coefficient (Wildman–Crippen LogP) is 2.46. The van der Waals surface area contributed by atoms with Crippen LogP contribution in [0.15, 0.2) is 56.6 Å². The SMILES string of the molecule is Cc1cc(NC(=O)Cn2c(=O)n(-c3ccccc3)c(=O)c3cc(C)sc32)no1. The molecule has 8 nitrogen and oxygen atoms in total. The van der Waals surface area contributed by atoms with Crippen LogP contribution in [0.3, 0.4) is 0 Å². The highest BCUT2D eigenvalue weighted by molar-refractivity contribution is 7.18. The monoisotopic (exact) mass is 396 g/mol. The number of hydrogen-bond acceptors (Lipinski definition) is 6. The lowest BCUT2D eigenvalue weighted by Gasteiger charge is -2.11. The highest BCUT2D eigenvalue weighted by Crippen LogP contribution is 2.22. The number of rotatable bonds is 4. The number of nitrogens with one attached hydrogen (secondary N) is 1. The van der Waals surface area contributed by atoms with Gasteiger partial charge in [0, 0.05) is 10.9 Å². The Labute approximate surface area is 162 Å². The van der Waals surface area contributed by atoms with E-state index < -0.39 is 17.2 Å². The minimum atomic E-state index is -0.572. The van der Waals surface area contributed by atoms with Crippen molar-refractivity contribution in [3.63, 3.8) is 0 Å². The molecule has 0 radical (unpaired) electrons. The van der Waals surface area contributed by atoms with E-state index in [1.807, 2.05) is 6.92 Å². The number of hydrogen-bond donors (Lipinski definition) is 1. The minimum Gasteiger partial charge on any atom is -0.360 e. The normalized spacial score (nSPS) is 11.1. The number of thiophene rings is 1. The van der Waals surface area contributed by atoms with E-state index in [0.717, 1.165) is 9.44 Å². The van der Waals surface area contributed by atoms with Crippen LogP contribution in [0.4, 0.5) is 5.82 Å². The van der Waals surface area contributed by atoms with Crippen molar-refractivity contribution in [1.82, 2.24) is 14.3 Å². The number of carbonyl (C=O) groups excluding carboxylic acids is 1. The Hall–Kier alpha value is -3.46. The summed E-state index contributed by atoms with van der Waals surface area (Å²) in [5.41, 5.74) is -0.527. The fraction of sp³-hybridized carbons (Fsp3) is 0.158. The number of anilines is 1. The molecule has 142 valence electrons. The first-order valence-electron chi connectivity index (χ1n) is 8.48. The zero-order chi connectivity index (χ0) is 19.8. The molecule has 4 rings (SSSR count). The Morgan fingerprint density at radius 1 is 1.18 bits per heavy atom. The van der Waals surface area contributed by atoms with Crippen LogP contribution in [-0.4, -0.2) is 20.2 Å². The molecule has 0 atom stereocenters. The lowest BCUT2D eigenvalue weighted by Crippen LogP contribution is -2.40. The molecule has 4 aromatic rings. The Balaban J connectivity index is 1.84. The van der Waals surface area contributed by atoms with Gasteiger partial charge in [0.15, 0.2) is 5.82 Å². The summed E-state index contributed by atoms with van der Waals surface area (Å²) in [6, 6.07) is 12.0. The molecule has 0 unspecified atom stereocenters. The number of fused-ring (bicyclic) bond motifs is 1. The van der Waals surface area contributed by atoms with E-state index in [9.17, 15) is 14.4 Å². The Morgan fingerprint density at radius 3 is 2.61 bits per heavy atom. The molecule has 0 saturated heterocycles. The molecule has 28 heavy (non-hydrogen) atoms. The maximum absolute atomic E-state index is 13.1. The second-order valence-corrected chi connectivity index (χ2v) is 7.53. The van der Waals surface area contributed by atoms with Crippen LogP contribution >= 0.6 is 11.3 Å². The van der Waals surface area contributed by atoms with Gasteiger partial charge in [0.1, 0.15) is 17.1 Å². The average molecular weight is 396 g/mol. The summed E-state index contributed by atoms with van der Waals surface area (Å²) >= 11 is 1.30. The van der Waals surface area contributed by atoms with Crippen LogP contribution in [-0.2, 0) is 11.3 Å². The van der Waals surface area contributed by atoms with Crippen LogP contribution in [0.2, 0.25) is 0 Å². The van der Waals surface area contributed by atoms with E-state index in [2.05, 4.69) is 10.5 Å². The number of carbonyl (C=O) groups is 1. The standard InChI is InChI=1S/C19H16N4O4S/c1-11-8-15(21-27-11)20-16(24)10-22-18-14(9-12(2)28-18)17(25)23(19(22)26)13-6-4-3-5-7-13/h3-9H,10H2,1-2H3,(H,20,21,24). The predicted molar refractivity (Wildman–Crippen MR) is 106 cm³/mol. The largest absolute Gasteiger partial charge is 0.360 e. The zero-order valence-corrected chi connectivity index (χ0v) is 15.9. The molecule has 0 aliphatic rings. The first kappa shape index (κ1) is 17.9. The van der Waals surface area contributed by atoms with Crippen molar-refractivity contribution in [3.8, 4) is 5.69 Å². The van der Waals surface area contributed by atoms with Gasteiger partial charge >= 0.3 is 5.69 Å². The number of para-hydroxylation sites is 1. The third kappa shape index (κ3) is 3.16.